The van der Waals surface area contributed by atoms with Crippen LogP contribution in [0.2, 0.25) is 0 Å². The first-order valence-corrected chi connectivity index (χ1v) is 11.1. The molecule has 182 valence electrons. The van der Waals surface area contributed by atoms with Gasteiger partial charge in [-0.15, -0.1) is 0 Å². The van der Waals surface area contributed by atoms with Crippen molar-refractivity contribution in [2.24, 2.45) is 0 Å². The molecule has 35 heavy (non-hydrogen) atoms. The first kappa shape index (κ1) is 23.9. The van der Waals surface area contributed by atoms with Gasteiger partial charge in [0.2, 0.25) is 5.75 Å². The lowest BCUT2D eigenvalue weighted by atomic mass is 9.98. The number of carbonyl (C=O) groups is 2. The second-order valence-corrected chi connectivity index (χ2v) is 8.10. The molecule has 1 aliphatic carbocycles. The van der Waals surface area contributed by atoms with Crippen molar-refractivity contribution in [3.8, 4) is 28.4 Å². The minimum atomic E-state index is -1.21. The standard InChI is InChI=1S/C27H27NO7/c1-32-23-13-16(14-24(33-2)25(23)34-3)12-22(26(29)30)28-27(31)35-15-21-19-10-6-4-8-17(19)18-9-5-7-11-20(18)21/h4-11,13-14,21-22H,12,15H2,1-3H3,(H,28,31)(H,29,30)/t22-/m0/s1. The lowest BCUT2D eigenvalue weighted by Crippen LogP contribution is -2.42. The number of benzene rings is 3. The third kappa shape index (κ3) is 4.87. The normalized spacial score (nSPS) is 12.8. The third-order valence-corrected chi connectivity index (χ3v) is 6.10. The van der Waals surface area contributed by atoms with Crippen molar-refractivity contribution in [3.63, 3.8) is 0 Å². The summed E-state index contributed by atoms with van der Waals surface area (Å²) in [6, 6.07) is 18.1. The molecule has 4 rings (SSSR count). The van der Waals surface area contributed by atoms with Crippen molar-refractivity contribution < 1.29 is 33.6 Å². The molecule has 0 aromatic heterocycles. The van der Waals surface area contributed by atoms with Crippen LogP contribution >= 0.6 is 0 Å². The van der Waals surface area contributed by atoms with E-state index in [0.29, 0.717) is 22.8 Å². The second kappa shape index (κ2) is 10.4. The molecule has 1 atom stereocenters. The van der Waals surface area contributed by atoms with Gasteiger partial charge in [-0.25, -0.2) is 9.59 Å². The van der Waals surface area contributed by atoms with E-state index in [9.17, 15) is 14.7 Å². The average molecular weight is 478 g/mol. The number of alkyl carbamates (subject to hydrolysis) is 1. The molecule has 0 spiro atoms. The predicted molar refractivity (Wildman–Crippen MR) is 129 cm³/mol. The number of hydrogen-bond donors (Lipinski definition) is 2. The molecule has 0 radical (unpaired) electrons. The fourth-order valence-electron chi connectivity index (χ4n) is 4.47. The van der Waals surface area contributed by atoms with Gasteiger partial charge < -0.3 is 29.4 Å². The molecule has 2 N–H and O–H groups in total. The monoisotopic (exact) mass is 477 g/mol. The number of carboxylic acid groups (broad SMARTS) is 1. The van der Waals surface area contributed by atoms with E-state index in [1.807, 2.05) is 48.5 Å². The highest BCUT2D eigenvalue weighted by atomic mass is 16.5. The van der Waals surface area contributed by atoms with Crippen LogP contribution in [0.15, 0.2) is 60.7 Å². The molecule has 0 bridgehead atoms. The highest BCUT2D eigenvalue weighted by Gasteiger charge is 2.30. The van der Waals surface area contributed by atoms with Gasteiger partial charge in [0.05, 0.1) is 21.3 Å². The predicted octanol–water partition coefficient (Wildman–Crippen LogP) is 4.25. The van der Waals surface area contributed by atoms with Gasteiger partial charge in [-0.1, -0.05) is 48.5 Å². The number of aliphatic carboxylic acids is 1. The fraction of sp³-hybridized carbons (Fsp3) is 0.259. The summed E-state index contributed by atoms with van der Waals surface area (Å²) in [6.45, 7) is 0.0936. The zero-order valence-corrected chi connectivity index (χ0v) is 19.7. The number of fused-ring (bicyclic) bond motifs is 3. The van der Waals surface area contributed by atoms with E-state index in [2.05, 4.69) is 5.32 Å². The molecule has 3 aromatic carbocycles. The van der Waals surface area contributed by atoms with Crippen molar-refractivity contribution in [3.05, 3.63) is 77.4 Å². The minimum Gasteiger partial charge on any atom is -0.493 e. The van der Waals surface area contributed by atoms with Crippen LogP contribution in [0.1, 0.15) is 22.6 Å². The Balaban J connectivity index is 1.46. The molecule has 1 aliphatic rings. The third-order valence-electron chi connectivity index (χ3n) is 6.10. The first-order valence-electron chi connectivity index (χ1n) is 11.1. The van der Waals surface area contributed by atoms with E-state index in [4.69, 9.17) is 18.9 Å². The van der Waals surface area contributed by atoms with E-state index in [1.165, 1.54) is 21.3 Å². The number of carboxylic acids is 1. The molecule has 0 saturated carbocycles. The summed E-state index contributed by atoms with van der Waals surface area (Å²) in [5.74, 6) is -0.117. The van der Waals surface area contributed by atoms with E-state index < -0.39 is 18.1 Å². The van der Waals surface area contributed by atoms with Gasteiger partial charge in [0.25, 0.3) is 0 Å². The van der Waals surface area contributed by atoms with Gasteiger partial charge in [0, 0.05) is 12.3 Å². The summed E-state index contributed by atoms with van der Waals surface area (Å²) in [5, 5.41) is 12.2. The zero-order chi connectivity index (χ0) is 24.9. The quantitative estimate of drug-likeness (QED) is 0.475. The van der Waals surface area contributed by atoms with Crippen molar-refractivity contribution in [1.29, 1.82) is 0 Å². The molecule has 1 amide bonds. The summed E-state index contributed by atoms with van der Waals surface area (Å²) in [6.07, 6.45) is -0.803. The van der Waals surface area contributed by atoms with Crippen molar-refractivity contribution >= 4 is 12.1 Å². The lowest BCUT2D eigenvalue weighted by molar-refractivity contribution is -0.139. The Morgan fingerprint density at radius 3 is 1.91 bits per heavy atom. The van der Waals surface area contributed by atoms with E-state index >= 15 is 0 Å². The Labute approximate surface area is 203 Å². The molecule has 0 fully saturated rings. The number of methoxy groups -OCH3 is 3. The highest BCUT2D eigenvalue weighted by Crippen LogP contribution is 2.44. The number of carbonyl (C=O) groups excluding carboxylic acids is 1. The summed E-state index contributed by atoms with van der Waals surface area (Å²) in [7, 11) is 4.44. The topological polar surface area (TPSA) is 103 Å². The van der Waals surface area contributed by atoms with Crippen LogP contribution in [0.4, 0.5) is 4.79 Å². The summed E-state index contributed by atoms with van der Waals surface area (Å²) in [5.41, 5.74) is 4.97. The molecule has 0 saturated heterocycles. The van der Waals surface area contributed by atoms with Gasteiger partial charge >= 0.3 is 12.1 Å². The fourth-order valence-corrected chi connectivity index (χ4v) is 4.47. The van der Waals surface area contributed by atoms with Gasteiger partial charge in [0.15, 0.2) is 11.5 Å². The Morgan fingerprint density at radius 1 is 0.886 bits per heavy atom. The van der Waals surface area contributed by atoms with E-state index in [-0.39, 0.29) is 18.9 Å². The minimum absolute atomic E-state index is 0.00373. The van der Waals surface area contributed by atoms with Crippen LogP contribution in [-0.2, 0) is 16.0 Å². The van der Waals surface area contributed by atoms with Crippen molar-refractivity contribution in [2.45, 2.75) is 18.4 Å². The number of ether oxygens (including phenoxy) is 4. The number of hydrogen-bond acceptors (Lipinski definition) is 6. The maximum Gasteiger partial charge on any atom is 0.407 e. The van der Waals surface area contributed by atoms with E-state index in [0.717, 1.165) is 22.3 Å². The molecule has 8 heteroatoms. The highest BCUT2D eigenvalue weighted by molar-refractivity contribution is 5.81. The maximum absolute atomic E-state index is 12.6. The summed E-state index contributed by atoms with van der Waals surface area (Å²) in [4.78, 5) is 24.5. The molecule has 3 aromatic rings. The van der Waals surface area contributed by atoms with Crippen LogP contribution in [0.3, 0.4) is 0 Å². The first-order chi connectivity index (χ1) is 17.0. The van der Waals surface area contributed by atoms with E-state index in [1.54, 1.807) is 12.1 Å². The Bertz CT molecular complexity index is 1170. The van der Waals surface area contributed by atoms with Gasteiger partial charge in [-0.05, 0) is 39.9 Å². The van der Waals surface area contributed by atoms with Gasteiger partial charge in [0.1, 0.15) is 12.6 Å². The largest absolute Gasteiger partial charge is 0.493 e. The molecule has 0 aliphatic heterocycles. The van der Waals surface area contributed by atoms with Crippen LogP contribution < -0.4 is 19.5 Å². The molecular formula is C27H27NO7. The number of amides is 1. The number of nitrogens with one attached hydrogen (secondary N) is 1. The SMILES string of the molecule is COc1cc(C[C@H](NC(=O)OCC2c3ccccc3-c3ccccc32)C(=O)O)cc(OC)c1OC. The van der Waals surface area contributed by atoms with Crippen LogP contribution in [0.25, 0.3) is 11.1 Å². The van der Waals surface area contributed by atoms with Crippen LogP contribution in [-0.4, -0.2) is 51.1 Å². The molecule has 8 nitrogen and oxygen atoms in total. The van der Waals surface area contributed by atoms with Crippen LogP contribution in [0.5, 0.6) is 17.2 Å². The Hall–Kier alpha value is -4.20. The second-order valence-electron chi connectivity index (χ2n) is 8.10. The lowest BCUT2D eigenvalue weighted by Gasteiger charge is -2.19. The number of rotatable bonds is 9. The summed E-state index contributed by atoms with van der Waals surface area (Å²) < 4.78 is 21.5. The van der Waals surface area contributed by atoms with Gasteiger partial charge in [-0.2, -0.15) is 0 Å². The molecule has 0 unspecified atom stereocenters. The Morgan fingerprint density at radius 2 is 1.43 bits per heavy atom. The zero-order valence-electron chi connectivity index (χ0n) is 19.7. The van der Waals surface area contributed by atoms with Crippen LogP contribution in [0, 0.1) is 0 Å². The maximum atomic E-state index is 12.6. The average Bonchev–Trinajstić information content (AvgIpc) is 3.20. The van der Waals surface area contributed by atoms with Crippen molar-refractivity contribution in [1.82, 2.24) is 5.32 Å². The Kier molecular flexibility index (Phi) is 7.10. The van der Waals surface area contributed by atoms with Gasteiger partial charge in [-0.3, -0.25) is 0 Å². The smallest absolute Gasteiger partial charge is 0.407 e. The molecular weight excluding hydrogens is 450 g/mol. The van der Waals surface area contributed by atoms with Crippen molar-refractivity contribution in [2.75, 3.05) is 27.9 Å². The molecule has 0 heterocycles. The summed E-state index contributed by atoms with van der Waals surface area (Å²) >= 11 is 0.